The van der Waals surface area contributed by atoms with E-state index in [-0.39, 0.29) is 18.6 Å². The molecular weight excluding hydrogens is 192 g/mol. The molecule has 0 aliphatic heterocycles. The Hall–Kier alpha value is -1.39. The molecule has 82 valence electrons. The zero-order chi connectivity index (χ0) is 11.1. The Labute approximate surface area is 89.4 Å². The fraction of sp³-hybridized carbons (Fsp3) is 0.364. The summed E-state index contributed by atoms with van der Waals surface area (Å²) in [7, 11) is 0. The third-order valence-corrected chi connectivity index (χ3v) is 1.89. The predicted octanol–water partition coefficient (Wildman–Crippen LogP) is 0.989. The summed E-state index contributed by atoms with van der Waals surface area (Å²) in [5, 5.41) is 2.72. The summed E-state index contributed by atoms with van der Waals surface area (Å²) in [6, 6.07) is 9.26. The number of rotatable bonds is 5. The highest BCUT2D eigenvalue weighted by atomic mass is 16.5. The standard InChI is InChI=1S/C11H16N2O2/c1-9(7-12)15-8-11(14)13-10-5-3-2-4-6-10/h2-6,9H,7-8,12H2,1H3,(H,13,14). The van der Waals surface area contributed by atoms with Gasteiger partial charge in [0.05, 0.1) is 6.10 Å². The largest absolute Gasteiger partial charge is 0.367 e. The SMILES string of the molecule is CC(CN)OCC(=O)Nc1ccccc1. The molecule has 1 atom stereocenters. The van der Waals surface area contributed by atoms with Crippen LogP contribution in [0.5, 0.6) is 0 Å². The van der Waals surface area contributed by atoms with Gasteiger partial charge in [-0.1, -0.05) is 18.2 Å². The van der Waals surface area contributed by atoms with E-state index in [0.717, 1.165) is 5.69 Å². The van der Waals surface area contributed by atoms with Gasteiger partial charge in [0.1, 0.15) is 6.61 Å². The van der Waals surface area contributed by atoms with Gasteiger partial charge in [0.25, 0.3) is 0 Å². The monoisotopic (exact) mass is 208 g/mol. The van der Waals surface area contributed by atoms with E-state index in [2.05, 4.69) is 5.32 Å². The number of nitrogens with two attached hydrogens (primary N) is 1. The van der Waals surface area contributed by atoms with E-state index in [9.17, 15) is 4.79 Å². The van der Waals surface area contributed by atoms with E-state index in [1.54, 1.807) is 0 Å². The van der Waals surface area contributed by atoms with Crippen molar-refractivity contribution in [1.29, 1.82) is 0 Å². The molecule has 0 spiro atoms. The van der Waals surface area contributed by atoms with Crippen LogP contribution in [0.2, 0.25) is 0 Å². The van der Waals surface area contributed by atoms with Crippen molar-refractivity contribution in [2.24, 2.45) is 5.73 Å². The van der Waals surface area contributed by atoms with Crippen LogP contribution in [0.4, 0.5) is 5.69 Å². The number of anilines is 1. The number of hydrogen-bond acceptors (Lipinski definition) is 3. The number of carbonyl (C=O) groups is 1. The number of amides is 1. The number of para-hydroxylation sites is 1. The van der Waals surface area contributed by atoms with Gasteiger partial charge in [-0.25, -0.2) is 0 Å². The van der Waals surface area contributed by atoms with E-state index in [4.69, 9.17) is 10.5 Å². The summed E-state index contributed by atoms with van der Waals surface area (Å²) in [5.74, 6) is -0.165. The molecule has 1 amide bonds. The molecule has 1 aromatic carbocycles. The topological polar surface area (TPSA) is 64.3 Å². The summed E-state index contributed by atoms with van der Waals surface area (Å²) in [6.07, 6.45) is -0.0912. The highest BCUT2D eigenvalue weighted by Gasteiger charge is 2.04. The van der Waals surface area contributed by atoms with Crippen molar-refractivity contribution in [1.82, 2.24) is 0 Å². The van der Waals surface area contributed by atoms with Crippen LogP contribution in [0, 0.1) is 0 Å². The third kappa shape index (κ3) is 4.58. The van der Waals surface area contributed by atoms with Crippen molar-refractivity contribution in [2.45, 2.75) is 13.0 Å². The molecule has 0 fully saturated rings. The van der Waals surface area contributed by atoms with Gasteiger partial charge in [-0.2, -0.15) is 0 Å². The maximum Gasteiger partial charge on any atom is 0.250 e. The Morgan fingerprint density at radius 3 is 2.73 bits per heavy atom. The molecule has 0 heterocycles. The van der Waals surface area contributed by atoms with Gasteiger partial charge < -0.3 is 15.8 Å². The van der Waals surface area contributed by atoms with Crippen LogP contribution in [0.1, 0.15) is 6.92 Å². The van der Waals surface area contributed by atoms with E-state index in [1.807, 2.05) is 37.3 Å². The molecule has 3 N–H and O–H groups in total. The van der Waals surface area contributed by atoms with Gasteiger partial charge in [0.2, 0.25) is 5.91 Å². The Kier molecular flexibility index (Phi) is 4.80. The van der Waals surface area contributed by atoms with Crippen LogP contribution in [0.25, 0.3) is 0 Å². The van der Waals surface area contributed by atoms with Gasteiger partial charge in [-0.15, -0.1) is 0 Å². The quantitative estimate of drug-likeness (QED) is 0.758. The predicted molar refractivity (Wildman–Crippen MR) is 59.5 cm³/mol. The zero-order valence-corrected chi connectivity index (χ0v) is 8.77. The fourth-order valence-electron chi connectivity index (χ4n) is 1.00. The van der Waals surface area contributed by atoms with Gasteiger partial charge >= 0.3 is 0 Å². The van der Waals surface area contributed by atoms with Crippen LogP contribution in [-0.4, -0.2) is 25.2 Å². The smallest absolute Gasteiger partial charge is 0.250 e. The fourth-order valence-corrected chi connectivity index (χ4v) is 1.00. The average Bonchev–Trinajstić information content (AvgIpc) is 2.27. The third-order valence-electron chi connectivity index (χ3n) is 1.89. The second kappa shape index (κ2) is 6.16. The van der Waals surface area contributed by atoms with E-state index >= 15 is 0 Å². The number of nitrogens with one attached hydrogen (secondary N) is 1. The molecule has 1 unspecified atom stereocenters. The highest BCUT2D eigenvalue weighted by Crippen LogP contribution is 2.04. The first kappa shape index (κ1) is 11.7. The van der Waals surface area contributed by atoms with Crippen molar-refractivity contribution < 1.29 is 9.53 Å². The lowest BCUT2D eigenvalue weighted by Crippen LogP contribution is -2.26. The average molecular weight is 208 g/mol. The maximum absolute atomic E-state index is 11.4. The normalized spacial score (nSPS) is 12.1. The lowest BCUT2D eigenvalue weighted by Gasteiger charge is -2.10. The Balaban J connectivity index is 2.31. The minimum absolute atomic E-state index is 0.0350. The maximum atomic E-state index is 11.4. The van der Waals surface area contributed by atoms with Crippen molar-refractivity contribution in [3.63, 3.8) is 0 Å². The number of ether oxygens (including phenoxy) is 1. The van der Waals surface area contributed by atoms with Crippen LogP contribution in [0.15, 0.2) is 30.3 Å². The Morgan fingerprint density at radius 1 is 1.47 bits per heavy atom. The van der Waals surface area contributed by atoms with E-state index in [0.29, 0.717) is 6.54 Å². The Bertz CT molecular complexity index is 301. The number of carbonyl (C=O) groups excluding carboxylic acids is 1. The van der Waals surface area contributed by atoms with Crippen molar-refractivity contribution in [2.75, 3.05) is 18.5 Å². The molecule has 0 saturated heterocycles. The second-order valence-corrected chi connectivity index (χ2v) is 3.27. The number of hydrogen-bond donors (Lipinski definition) is 2. The first-order valence-electron chi connectivity index (χ1n) is 4.89. The van der Waals surface area contributed by atoms with E-state index < -0.39 is 0 Å². The van der Waals surface area contributed by atoms with Gasteiger partial charge in [-0.3, -0.25) is 4.79 Å². The van der Waals surface area contributed by atoms with Crippen molar-refractivity contribution in [3.05, 3.63) is 30.3 Å². The minimum atomic E-state index is -0.165. The first-order valence-corrected chi connectivity index (χ1v) is 4.89. The minimum Gasteiger partial charge on any atom is -0.367 e. The van der Waals surface area contributed by atoms with Gasteiger partial charge in [-0.05, 0) is 19.1 Å². The summed E-state index contributed by atoms with van der Waals surface area (Å²) in [5.41, 5.74) is 6.12. The number of benzene rings is 1. The van der Waals surface area contributed by atoms with Gasteiger partial charge in [0.15, 0.2) is 0 Å². The summed E-state index contributed by atoms with van der Waals surface area (Å²) in [6.45, 7) is 2.28. The second-order valence-electron chi connectivity index (χ2n) is 3.27. The van der Waals surface area contributed by atoms with Crippen LogP contribution < -0.4 is 11.1 Å². The molecule has 1 rings (SSSR count). The molecule has 4 heteroatoms. The van der Waals surface area contributed by atoms with Crippen LogP contribution in [-0.2, 0) is 9.53 Å². The molecule has 0 aromatic heterocycles. The van der Waals surface area contributed by atoms with Crippen LogP contribution in [0.3, 0.4) is 0 Å². The molecule has 15 heavy (non-hydrogen) atoms. The van der Waals surface area contributed by atoms with E-state index in [1.165, 1.54) is 0 Å². The first-order chi connectivity index (χ1) is 7.22. The molecule has 0 aliphatic rings. The summed E-state index contributed by atoms with van der Waals surface area (Å²) in [4.78, 5) is 11.4. The van der Waals surface area contributed by atoms with Crippen molar-refractivity contribution in [3.8, 4) is 0 Å². The molecule has 0 radical (unpaired) electrons. The molecule has 4 nitrogen and oxygen atoms in total. The zero-order valence-electron chi connectivity index (χ0n) is 8.77. The van der Waals surface area contributed by atoms with Crippen molar-refractivity contribution >= 4 is 11.6 Å². The van der Waals surface area contributed by atoms with Crippen LogP contribution >= 0.6 is 0 Å². The molecule has 0 saturated carbocycles. The molecule has 0 aliphatic carbocycles. The summed E-state index contributed by atoms with van der Waals surface area (Å²) >= 11 is 0. The lowest BCUT2D eigenvalue weighted by atomic mass is 10.3. The molecular formula is C11H16N2O2. The van der Waals surface area contributed by atoms with Gasteiger partial charge in [0, 0.05) is 12.2 Å². The Morgan fingerprint density at radius 2 is 2.13 bits per heavy atom. The summed E-state index contributed by atoms with van der Waals surface area (Å²) < 4.78 is 5.19. The highest BCUT2D eigenvalue weighted by molar-refractivity contribution is 5.91. The molecule has 1 aromatic rings. The molecule has 0 bridgehead atoms. The lowest BCUT2D eigenvalue weighted by molar-refractivity contribution is -0.122.